The summed E-state index contributed by atoms with van der Waals surface area (Å²) in [5.41, 5.74) is 6.00. The van der Waals surface area contributed by atoms with Crippen molar-refractivity contribution in [2.45, 2.75) is 63.7 Å². The fraction of sp³-hybridized carbons (Fsp3) is 1.00. The second-order valence-corrected chi connectivity index (χ2v) is 4.24. The fourth-order valence-electron chi connectivity index (χ4n) is 1.86. The highest BCUT2D eigenvalue weighted by Gasteiger charge is 2.21. The molecule has 0 aromatic heterocycles. The van der Waals surface area contributed by atoms with Crippen molar-refractivity contribution in [1.82, 2.24) is 0 Å². The number of aliphatic hydroxyl groups excluding tert-OH is 1. The van der Waals surface area contributed by atoms with Crippen LogP contribution in [0.1, 0.15) is 45.4 Å². The van der Waals surface area contributed by atoms with E-state index in [0.29, 0.717) is 6.61 Å². The Labute approximate surface area is 86.6 Å². The van der Waals surface area contributed by atoms with Crippen LogP contribution in [0.25, 0.3) is 0 Å². The standard InChI is InChI=1S/C11H23NO2/c1-2-9(13)8-14-11-7-5-3-4-6-10(11)12/h9-11,13H,2-8,12H2,1H3. The highest BCUT2D eigenvalue weighted by molar-refractivity contribution is 4.77. The Morgan fingerprint density at radius 1 is 1.36 bits per heavy atom. The molecule has 0 saturated heterocycles. The molecule has 3 nitrogen and oxygen atoms in total. The summed E-state index contributed by atoms with van der Waals surface area (Å²) in [6, 6.07) is 0.168. The Hall–Kier alpha value is -0.120. The maximum atomic E-state index is 9.38. The molecule has 0 amide bonds. The molecule has 14 heavy (non-hydrogen) atoms. The lowest BCUT2D eigenvalue weighted by molar-refractivity contribution is -0.0230. The zero-order chi connectivity index (χ0) is 10.4. The van der Waals surface area contributed by atoms with Gasteiger partial charge in [-0.2, -0.15) is 0 Å². The van der Waals surface area contributed by atoms with Gasteiger partial charge in [0.15, 0.2) is 0 Å². The van der Waals surface area contributed by atoms with E-state index in [4.69, 9.17) is 10.5 Å². The van der Waals surface area contributed by atoms with Gasteiger partial charge in [0.1, 0.15) is 0 Å². The molecule has 1 aliphatic carbocycles. The van der Waals surface area contributed by atoms with Crippen LogP contribution in [0.15, 0.2) is 0 Å². The minimum Gasteiger partial charge on any atom is -0.391 e. The van der Waals surface area contributed by atoms with E-state index < -0.39 is 0 Å². The average Bonchev–Trinajstić information content (AvgIpc) is 2.39. The summed E-state index contributed by atoms with van der Waals surface area (Å²) in [6.45, 7) is 2.40. The van der Waals surface area contributed by atoms with Crippen molar-refractivity contribution in [2.24, 2.45) is 5.73 Å². The first kappa shape index (κ1) is 12.0. The van der Waals surface area contributed by atoms with E-state index in [1.807, 2.05) is 6.92 Å². The van der Waals surface area contributed by atoms with Gasteiger partial charge in [0.25, 0.3) is 0 Å². The molecule has 1 fully saturated rings. The molecule has 0 aromatic carbocycles. The van der Waals surface area contributed by atoms with E-state index in [0.717, 1.165) is 19.3 Å². The van der Waals surface area contributed by atoms with E-state index in [1.165, 1.54) is 19.3 Å². The quantitative estimate of drug-likeness (QED) is 0.677. The third-order valence-corrected chi connectivity index (χ3v) is 2.98. The average molecular weight is 201 g/mol. The van der Waals surface area contributed by atoms with Crippen LogP contribution in [0, 0.1) is 0 Å². The SMILES string of the molecule is CCC(O)COC1CCCCCC1N. The first-order chi connectivity index (χ1) is 6.74. The third-order valence-electron chi connectivity index (χ3n) is 2.98. The van der Waals surface area contributed by atoms with Crippen LogP contribution >= 0.6 is 0 Å². The Balaban J connectivity index is 2.26. The molecule has 0 aromatic rings. The largest absolute Gasteiger partial charge is 0.391 e. The molecular weight excluding hydrogens is 178 g/mol. The van der Waals surface area contributed by atoms with E-state index in [9.17, 15) is 5.11 Å². The van der Waals surface area contributed by atoms with Crippen LogP contribution in [0.4, 0.5) is 0 Å². The van der Waals surface area contributed by atoms with Crippen LogP contribution in [-0.4, -0.2) is 30.0 Å². The topological polar surface area (TPSA) is 55.5 Å². The molecular formula is C11H23NO2. The molecule has 0 aliphatic heterocycles. The smallest absolute Gasteiger partial charge is 0.0771 e. The summed E-state index contributed by atoms with van der Waals surface area (Å²) in [4.78, 5) is 0. The highest BCUT2D eigenvalue weighted by atomic mass is 16.5. The third kappa shape index (κ3) is 3.95. The van der Waals surface area contributed by atoms with Gasteiger partial charge in [-0.3, -0.25) is 0 Å². The Morgan fingerprint density at radius 3 is 2.79 bits per heavy atom. The van der Waals surface area contributed by atoms with Crippen LogP contribution in [-0.2, 0) is 4.74 Å². The van der Waals surface area contributed by atoms with Gasteiger partial charge in [-0.25, -0.2) is 0 Å². The molecule has 3 N–H and O–H groups in total. The van der Waals surface area contributed by atoms with E-state index in [-0.39, 0.29) is 18.2 Å². The maximum Gasteiger partial charge on any atom is 0.0771 e. The van der Waals surface area contributed by atoms with Crippen LogP contribution in [0.5, 0.6) is 0 Å². The van der Waals surface area contributed by atoms with Crippen molar-refractivity contribution in [3.63, 3.8) is 0 Å². The van der Waals surface area contributed by atoms with Crippen LogP contribution in [0.3, 0.4) is 0 Å². The van der Waals surface area contributed by atoms with Crippen molar-refractivity contribution < 1.29 is 9.84 Å². The lowest BCUT2D eigenvalue weighted by atomic mass is 10.1. The van der Waals surface area contributed by atoms with Crippen molar-refractivity contribution >= 4 is 0 Å². The van der Waals surface area contributed by atoms with Crippen LogP contribution < -0.4 is 5.73 Å². The predicted molar refractivity (Wildman–Crippen MR) is 57.1 cm³/mol. The summed E-state index contributed by atoms with van der Waals surface area (Å²) in [5.74, 6) is 0. The second kappa shape index (κ2) is 6.38. The zero-order valence-corrected chi connectivity index (χ0v) is 9.11. The van der Waals surface area contributed by atoms with E-state index in [1.54, 1.807) is 0 Å². The molecule has 0 spiro atoms. The molecule has 84 valence electrons. The number of aliphatic hydroxyl groups is 1. The first-order valence-corrected chi connectivity index (χ1v) is 5.79. The summed E-state index contributed by atoms with van der Waals surface area (Å²) in [5, 5.41) is 9.38. The summed E-state index contributed by atoms with van der Waals surface area (Å²) >= 11 is 0. The molecule has 1 saturated carbocycles. The van der Waals surface area contributed by atoms with Crippen molar-refractivity contribution in [3.05, 3.63) is 0 Å². The van der Waals surface area contributed by atoms with Gasteiger partial charge in [0.05, 0.1) is 18.8 Å². The monoisotopic (exact) mass is 201 g/mol. The minimum absolute atomic E-state index is 0.165. The van der Waals surface area contributed by atoms with Crippen molar-refractivity contribution in [3.8, 4) is 0 Å². The van der Waals surface area contributed by atoms with Gasteiger partial charge in [-0.15, -0.1) is 0 Å². The highest BCUT2D eigenvalue weighted by Crippen LogP contribution is 2.19. The zero-order valence-electron chi connectivity index (χ0n) is 9.11. The molecule has 3 atom stereocenters. The molecule has 0 bridgehead atoms. The number of rotatable bonds is 4. The molecule has 0 heterocycles. The number of hydrogen-bond donors (Lipinski definition) is 2. The van der Waals surface area contributed by atoms with Gasteiger partial charge >= 0.3 is 0 Å². The van der Waals surface area contributed by atoms with E-state index in [2.05, 4.69) is 0 Å². The molecule has 3 unspecified atom stereocenters. The number of nitrogens with two attached hydrogens (primary N) is 1. The van der Waals surface area contributed by atoms with Gasteiger partial charge in [0, 0.05) is 6.04 Å². The van der Waals surface area contributed by atoms with E-state index >= 15 is 0 Å². The van der Waals surface area contributed by atoms with Crippen molar-refractivity contribution in [1.29, 1.82) is 0 Å². The van der Waals surface area contributed by atoms with Gasteiger partial charge in [-0.05, 0) is 19.3 Å². The molecule has 0 radical (unpaired) electrons. The predicted octanol–water partition coefficient (Wildman–Crippen LogP) is 1.43. The van der Waals surface area contributed by atoms with Gasteiger partial charge < -0.3 is 15.6 Å². The first-order valence-electron chi connectivity index (χ1n) is 5.79. The molecule has 1 aliphatic rings. The fourth-order valence-corrected chi connectivity index (χ4v) is 1.86. The minimum atomic E-state index is -0.328. The molecule has 3 heteroatoms. The van der Waals surface area contributed by atoms with Crippen molar-refractivity contribution in [2.75, 3.05) is 6.61 Å². The summed E-state index contributed by atoms with van der Waals surface area (Å²) in [6.07, 6.45) is 6.40. The number of hydrogen-bond acceptors (Lipinski definition) is 3. The Bertz CT molecular complexity index is 152. The van der Waals surface area contributed by atoms with Gasteiger partial charge in [-0.1, -0.05) is 26.2 Å². The maximum absolute atomic E-state index is 9.38. The lowest BCUT2D eigenvalue weighted by Gasteiger charge is -2.23. The lowest BCUT2D eigenvalue weighted by Crippen LogP contribution is -2.37. The normalized spacial score (nSPS) is 31.1. The summed E-state index contributed by atoms with van der Waals surface area (Å²) < 4.78 is 5.65. The second-order valence-electron chi connectivity index (χ2n) is 4.24. The van der Waals surface area contributed by atoms with Crippen LogP contribution in [0.2, 0.25) is 0 Å². The van der Waals surface area contributed by atoms with Gasteiger partial charge in [0.2, 0.25) is 0 Å². The Kier molecular flexibility index (Phi) is 5.45. The summed E-state index contributed by atoms with van der Waals surface area (Å²) in [7, 11) is 0. The number of ether oxygens (including phenoxy) is 1. The molecule has 1 rings (SSSR count). The Morgan fingerprint density at radius 2 is 2.07 bits per heavy atom.